The van der Waals surface area contributed by atoms with Crippen molar-refractivity contribution in [3.8, 4) is 0 Å². The van der Waals surface area contributed by atoms with Crippen molar-refractivity contribution in [2.24, 2.45) is 5.10 Å². The van der Waals surface area contributed by atoms with Gasteiger partial charge in [0.05, 0.1) is 29.8 Å². The Morgan fingerprint density at radius 2 is 1.97 bits per heavy atom. The standard InChI is InChI=1S/C23H27ClN4O3S/c1-17(29)27(9-8-26-10-12-31-13-11-26)16-23(30)28-21(18-4-6-19(24)7-5-18)15-20(25-28)22-3-2-14-32-22/h2-7,14,21H,8-13,15-16H2,1H3/t21-/m0/s1. The molecule has 0 aliphatic carbocycles. The quantitative estimate of drug-likeness (QED) is 0.617. The fourth-order valence-electron chi connectivity index (χ4n) is 3.95. The van der Waals surface area contributed by atoms with Crippen LogP contribution in [0.1, 0.15) is 29.8 Å². The molecule has 0 radical (unpaired) electrons. The number of nitrogens with zero attached hydrogens (tertiary/aromatic N) is 4. The van der Waals surface area contributed by atoms with Crippen LogP contribution >= 0.6 is 22.9 Å². The first-order chi connectivity index (χ1) is 15.5. The number of hydrogen-bond acceptors (Lipinski definition) is 6. The Bertz CT molecular complexity index is 958. The van der Waals surface area contributed by atoms with Crippen molar-refractivity contribution in [2.45, 2.75) is 19.4 Å². The molecule has 1 aromatic heterocycles. The zero-order valence-corrected chi connectivity index (χ0v) is 19.6. The fraction of sp³-hybridized carbons (Fsp3) is 0.435. The highest BCUT2D eigenvalue weighted by Crippen LogP contribution is 2.34. The van der Waals surface area contributed by atoms with Crippen molar-refractivity contribution in [2.75, 3.05) is 45.9 Å². The van der Waals surface area contributed by atoms with Gasteiger partial charge in [-0.15, -0.1) is 11.3 Å². The van der Waals surface area contributed by atoms with Crippen LogP contribution in [0.15, 0.2) is 46.9 Å². The summed E-state index contributed by atoms with van der Waals surface area (Å²) in [5.74, 6) is -0.301. The third kappa shape index (κ3) is 5.56. The first kappa shape index (κ1) is 22.9. The summed E-state index contributed by atoms with van der Waals surface area (Å²) < 4.78 is 5.38. The molecule has 2 amide bonds. The van der Waals surface area contributed by atoms with E-state index in [9.17, 15) is 9.59 Å². The summed E-state index contributed by atoms with van der Waals surface area (Å²) in [5.41, 5.74) is 1.86. The number of ether oxygens (including phenoxy) is 1. The van der Waals surface area contributed by atoms with Crippen LogP contribution in [-0.2, 0) is 14.3 Å². The van der Waals surface area contributed by atoms with Gasteiger partial charge in [0.25, 0.3) is 5.91 Å². The topological polar surface area (TPSA) is 65.5 Å². The summed E-state index contributed by atoms with van der Waals surface area (Å²) in [4.78, 5) is 30.5. The van der Waals surface area contributed by atoms with Gasteiger partial charge in [0.1, 0.15) is 6.54 Å². The van der Waals surface area contributed by atoms with Crippen molar-refractivity contribution < 1.29 is 14.3 Å². The molecule has 1 fully saturated rings. The minimum Gasteiger partial charge on any atom is -0.379 e. The molecule has 0 unspecified atom stereocenters. The van der Waals surface area contributed by atoms with Gasteiger partial charge < -0.3 is 9.64 Å². The molecule has 0 N–H and O–H groups in total. The number of morpholine rings is 1. The van der Waals surface area contributed by atoms with Crippen molar-refractivity contribution >= 4 is 40.5 Å². The number of thiophene rings is 1. The Balaban J connectivity index is 1.49. The lowest BCUT2D eigenvalue weighted by atomic mass is 10.0. The van der Waals surface area contributed by atoms with Crippen molar-refractivity contribution in [3.05, 3.63) is 57.2 Å². The van der Waals surface area contributed by atoms with Gasteiger partial charge in [-0.3, -0.25) is 14.5 Å². The molecule has 0 bridgehead atoms. The zero-order chi connectivity index (χ0) is 22.5. The first-order valence-corrected chi connectivity index (χ1v) is 12.0. The van der Waals surface area contributed by atoms with Crippen molar-refractivity contribution in [3.63, 3.8) is 0 Å². The van der Waals surface area contributed by atoms with Crippen LogP contribution in [0.4, 0.5) is 0 Å². The second-order valence-electron chi connectivity index (χ2n) is 7.93. The van der Waals surface area contributed by atoms with Crippen LogP contribution in [0, 0.1) is 0 Å². The Kier molecular flexibility index (Phi) is 7.57. The van der Waals surface area contributed by atoms with E-state index in [1.165, 1.54) is 6.92 Å². The molecule has 1 saturated heterocycles. The summed E-state index contributed by atoms with van der Waals surface area (Å²) >= 11 is 7.67. The van der Waals surface area contributed by atoms with E-state index in [0.29, 0.717) is 31.2 Å². The van der Waals surface area contributed by atoms with Crippen LogP contribution < -0.4 is 0 Å². The Hall–Kier alpha value is -2.26. The predicted molar refractivity (Wildman–Crippen MR) is 126 cm³/mol. The van der Waals surface area contributed by atoms with Gasteiger partial charge in [-0.05, 0) is 29.1 Å². The monoisotopic (exact) mass is 474 g/mol. The molecule has 9 heteroatoms. The van der Waals surface area contributed by atoms with Gasteiger partial charge in [0, 0.05) is 44.5 Å². The van der Waals surface area contributed by atoms with E-state index in [2.05, 4.69) is 10.0 Å². The second-order valence-corrected chi connectivity index (χ2v) is 9.31. The molecule has 7 nitrogen and oxygen atoms in total. The highest BCUT2D eigenvalue weighted by atomic mass is 35.5. The second kappa shape index (κ2) is 10.6. The molecule has 32 heavy (non-hydrogen) atoms. The minimum absolute atomic E-state index is 0.00494. The smallest absolute Gasteiger partial charge is 0.262 e. The third-order valence-corrected chi connectivity index (χ3v) is 6.96. The van der Waals surface area contributed by atoms with E-state index in [1.807, 2.05) is 41.8 Å². The Labute approximate surface area is 197 Å². The SMILES string of the molecule is CC(=O)N(CCN1CCOCC1)CC(=O)N1N=C(c2cccs2)C[C@H]1c1ccc(Cl)cc1. The number of carbonyl (C=O) groups is 2. The fourth-order valence-corrected chi connectivity index (χ4v) is 4.79. The summed E-state index contributed by atoms with van der Waals surface area (Å²) in [6.45, 7) is 5.84. The van der Waals surface area contributed by atoms with Gasteiger partial charge in [-0.2, -0.15) is 5.10 Å². The summed E-state index contributed by atoms with van der Waals surface area (Å²) in [5, 5.41) is 8.88. The molecule has 0 spiro atoms. The van der Waals surface area contributed by atoms with Crippen LogP contribution in [0.25, 0.3) is 0 Å². The van der Waals surface area contributed by atoms with Gasteiger partial charge in [-0.25, -0.2) is 5.01 Å². The van der Waals surface area contributed by atoms with Crippen LogP contribution in [0.3, 0.4) is 0 Å². The number of rotatable bonds is 7. The van der Waals surface area contributed by atoms with Gasteiger partial charge in [0.2, 0.25) is 5.91 Å². The lowest BCUT2D eigenvalue weighted by Gasteiger charge is -2.30. The highest BCUT2D eigenvalue weighted by molar-refractivity contribution is 7.12. The number of hydrogen-bond donors (Lipinski definition) is 0. The minimum atomic E-state index is -0.218. The molecule has 170 valence electrons. The van der Waals surface area contributed by atoms with Gasteiger partial charge in [-0.1, -0.05) is 29.8 Å². The maximum absolute atomic E-state index is 13.3. The average Bonchev–Trinajstić information content (AvgIpc) is 3.48. The number of carbonyl (C=O) groups excluding carboxylic acids is 2. The normalized spacial score (nSPS) is 19.1. The molecular formula is C23H27ClN4O3S. The summed E-state index contributed by atoms with van der Waals surface area (Å²) in [6.07, 6.45) is 0.627. The first-order valence-electron chi connectivity index (χ1n) is 10.8. The largest absolute Gasteiger partial charge is 0.379 e. The van der Waals surface area contributed by atoms with Crippen molar-refractivity contribution in [1.29, 1.82) is 0 Å². The molecular weight excluding hydrogens is 448 g/mol. The Morgan fingerprint density at radius 1 is 1.22 bits per heavy atom. The average molecular weight is 475 g/mol. The summed E-state index contributed by atoms with van der Waals surface area (Å²) in [6, 6.07) is 11.3. The molecule has 1 atom stereocenters. The maximum Gasteiger partial charge on any atom is 0.262 e. The van der Waals surface area contributed by atoms with E-state index < -0.39 is 0 Å². The third-order valence-electron chi connectivity index (χ3n) is 5.79. The Morgan fingerprint density at radius 3 is 2.62 bits per heavy atom. The van der Waals surface area contributed by atoms with E-state index in [0.717, 1.165) is 35.8 Å². The van der Waals surface area contributed by atoms with Crippen LogP contribution in [-0.4, -0.2) is 78.3 Å². The molecule has 3 heterocycles. The van der Waals surface area contributed by atoms with E-state index in [4.69, 9.17) is 16.3 Å². The lowest BCUT2D eigenvalue weighted by molar-refractivity contribution is -0.140. The molecule has 1 aromatic carbocycles. The summed E-state index contributed by atoms with van der Waals surface area (Å²) in [7, 11) is 0. The van der Waals surface area contributed by atoms with Gasteiger partial charge >= 0.3 is 0 Å². The zero-order valence-electron chi connectivity index (χ0n) is 18.1. The number of hydrazone groups is 1. The lowest BCUT2D eigenvalue weighted by Crippen LogP contribution is -2.45. The molecule has 2 aliphatic rings. The molecule has 0 saturated carbocycles. The highest BCUT2D eigenvalue weighted by Gasteiger charge is 2.34. The van der Waals surface area contributed by atoms with Crippen molar-refractivity contribution in [1.82, 2.24) is 14.8 Å². The van der Waals surface area contributed by atoms with Gasteiger partial charge in [0.15, 0.2) is 0 Å². The van der Waals surface area contributed by atoms with E-state index in [-0.39, 0.29) is 24.4 Å². The molecule has 2 aliphatic heterocycles. The molecule has 2 aromatic rings. The number of halogens is 1. The number of amides is 2. The predicted octanol–water partition coefficient (Wildman–Crippen LogP) is 3.26. The number of benzene rings is 1. The van der Waals surface area contributed by atoms with E-state index >= 15 is 0 Å². The maximum atomic E-state index is 13.3. The van der Waals surface area contributed by atoms with E-state index in [1.54, 1.807) is 21.2 Å². The van der Waals surface area contributed by atoms with Crippen LogP contribution in [0.2, 0.25) is 5.02 Å². The molecule has 4 rings (SSSR count). The van der Waals surface area contributed by atoms with Crippen LogP contribution in [0.5, 0.6) is 0 Å².